The minimum atomic E-state index is -0.464. The Morgan fingerprint density at radius 3 is 2.50 bits per heavy atom. The van der Waals surface area contributed by atoms with Crippen molar-refractivity contribution in [2.45, 2.75) is 31.6 Å². The summed E-state index contributed by atoms with van der Waals surface area (Å²) in [6.45, 7) is 1.82. The zero-order chi connectivity index (χ0) is 19.8. The van der Waals surface area contributed by atoms with Gasteiger partial charge in [-0.05, 0) is 36.5 Å². The summed E-state index contributed by atoms with van der Waals surface area (Å²) in [5.41, 5.74) is 3.83. The van der Waals surface area contributed by atoms with E-state index in [1.165, 1.54) is 0 Å². The Labute approximate surface area is 174 Å². The summed E-state index contributed by atoms with van der Waals surface area (Å²) in [7, 11) is 0. The molecule has 0 aromatic heterocycles. The van der Waals surface area contributed by atoms with Gasteiger partial charge >= 0.3 is 0 Å². The standard InChI is InChI=1S/C23H18Cl2N2O/c1-13-17(12-26)21(16-8-5-9-18(24)23(16)25)22-19(27-13)10-15(11-20(22)28)14-6-3-2-4-7-14/h2-9,15,21-22H,10-11H2,1H3/t15-,21+,22-/m1/s1. The van der Waals surface area contributed by atoms with E-state index in [1.54, 1.807) is 12.1 Å². The van der Waals surface area contributed by atoms with Gasteiger partial charge in [0.1, 0.15) is 5.78 Å². The largest absolute Gasteiger partial charge is 0.299 e. The molecule has 3 atom stereocenters. The number of aliphatic imine (C=N–C) groups is 1. The minimum Gasteiger partial charge on any atom is -0.299 e. The van der Waals surface area contributed by atoms with Crippen LogP contribution in [-0.4, -0.2) is 11.5 Å². The van der Waals surface area contributed by atoms with Crippen molar-refractivity contribution < 1.29 is 4.79 Å². The van der Waals surface area contributed by atoms with Crippen LogP contribution in [0.1, 0.15) is 42.7 Å². The van der Waals surface area contributed by atoms with E-state index in [9.17, 15) is 10.1 Å². The van der Waals surface area contributed by atoms with Crippen molar-refractivity contribution in [1.29, 1.82) is 5.26 Å². The van der Waals surface area contributed by atoms with Crippen molar-refractivity contribution in [3.05, 3.63) is 81.0 Å². The van der Waals surface area contributed by atoms with Gasteiger partial charge in [-0.2, -0.15) is 5.26 Å². The highest BCUT2D eigenvalue weighted by molar-refractivity contribution is 6.42. The van der Waals surface area contributed by atoms with E-state index >= 15 is 0 Å². The molecular weight excluding hydrogens is 391 g/mol. The van der Waals surface area contributed by atoms with Gasteiger partial charge in [-0.25, -0.2) is 0 Å². The van der Waals surface area contributed by atoms with E-state index in [1.807, 2.05) is 31.2 Å². The lowest BCUT2D eigenvalue weighted by Gasteiger charge is -2.37. The van der Waals surface area contributed by atoms with Crippen LogP contribution >= 0.6 is 23.2 Å². The fourth-order valence-electron chi connectivity index (χ4n) is 4.38. The number of halogens is 2. The maximum absolute atomic E-state index is 13.3. The first-order chi connectivity index (χ1) is 13.5. The molecule has 5 heteroatoms. The average Bonchev–Trinajstić information content (AvgIpc) is 2.69. The van der Waals surface area contributed by atoms with Crippen LogP contribution in [-0.2, 0) is 4.79 Å². The topological polar surface area (TPSA) is 53.2 Å². The number of carbonyl (C=O) groups is 1. The first-order valence-corrected chi connectivity index (χ1v) is 9.96. The second-order valence-corrected chi connectivity index (χ2v) is 8.08. The number of nitrogens with zero attached hydrogens (tertiary/aromatic N) is 2. The van der Waals surface area contributed by atoms with E-state index in [2.05, 4.69) is 23.2 Å². The van der Waals surface area contributed by atoms with Crippen LogP contribution in [0.2, 0.25) is 10.0 Å². The summed E-state index contributed by atoms with van der Waals surface area (Å²) in [5, 5.41) is 10.6. The van der Waals surface area contributed by atoms with Gasteiger partial charge in [-0.3, -0.25) is 9.79 Å². The summed E-state index contributed by atoms with van der Waals surface area (Å²) in [6.07, 6.45) is 1.13. The van der Waals surface area contributed by atoms with Crippen molar-refractivity contribution in [2.75, 3.05) is 0 Å². The van der Waals surface area contributed by atoms with Gasteiger partial charge in [-0.1, -0.05) is 65.7 Å². The van der Waals surface area contributed by atoms with Crippen LogP contribution in [0.3, 0.4) is 0 Å². The number of benzene rings is 2. The van der Waals surface area contributed by atoms with Gasteiger partial charge < -0.3 is 0 Å². The predicted octanol–water partition coefficient (Wildman–Crippen LogP) is 6.09. The lowest BCUT2D eigenvalue weighted by atomic mass is 9.66. The SMILES string of the molecule is CC1=C(C#N)[C@H](c2cccc(Cl)c2Cl)[C@H]2C(=O)C[C@H](c3ccccc3)CC2=N1. The molecule has 4 rings (SSSR count). The van der Waals surface area contributed by atoms with Crippen molar-refractivity contribution in [2.24, 2.45) is 10.9 Å². The second kappa shape index (κ2) is 7.54. The molecule has 0 saturated heterocycles. The summed E-state index contributed by atoms with van der Waals surface area (Å²) < 4.78 is 0. The fourth-order valence-corrected chi connectivity index (χ4v) is 4.80. The molecule has 140 valence electrons. The highest BCUT2D eigenvalue weighted by Gasteiger charge is 2.44. The van der Waals surface area contributed by atoms with Crippen molar-refractivity contribution >= 4 is 34.7 Å². The molecule has 0 radical (unpaired) electrons. The van der Waals surface area contributed by atoms with Gasteiger partial charge in [0.25, 0.3) is 0 Å². The van der Waals surface area contributed by atoms with Crippen LogP contribution in [0.4, 0.5) is 0 Å². The molecule has 0 N–H and O–H groups in total. The average molecular weight is 409 g/mol. The van der Waals surface area contributed by atoms with E-state index in [-0.39, 0.29) is 11.7 Å². The minimum absolute atomic E-state index is 0.0974. The molecule has 2 aliphatic rings. The molecule has 2 aromatic rings. The Kier molecular flexibility index (Phi) is 5.10. The van der Waals surface area contributed by atoms with Crippen LogP contribution in [0.5, 0.6) is 0 Å². The van der Waals surface area contributed by atoms with E-state index in [0.717, 1.165) is 11.3 Å². The summed E-state index contributed by atoms with van der Waals surface area (Å²) in [6, 6.07) is 17.7. The molecule has 0 bridgehead atoms. The smallest absolute Gasteiger partial charge is 0.143 e. The number of fused-ring (bicyclic) bond motifs is 1. The zero-order valence-electron chi connectivity index (χ0n) is 15.3. The molecule has 1 fully saturated rings. The number of hydrogen-bond acceptors (Lipinski definition) is 3. The molecule has 0 amide bonds. The quantitative estimate of drug-likeness (QED) is 0.603. The van der Waals surface area contributed by atoms with Crippen LogP contribution < -0.4 is 0 Å². The number of hydrogen-bond donors (Lipinski definition) is 0. The third-order valence-electron chi connectivity index (χ3n) is 5.66. The molecule has 1 saturated carbocycles. The molecule has 1 aliphatic heterocycles. The number of Topliss-reactive ketones (excluding diaryl/α,β-unsaturated/α-hetero) is 1. The van der Waals surface area contributed by atoms with Gasteiger partial charge in [-0.15, -0.1) is 0 Å². The maximum Gasteiger partial charge on any atom is 0.143 e. The Hall–Kier alpha value is -2.41. The highest BCUT2D eigenvalue weighted by Crippen LogP contribution is 2.47. The van der Waals surface area contributed by atoms with Gasteiger partial charge in [0.15, 0.2) is 0 Å². The van der Waals surface area contributed by atoms with Crippen LogP contribution in [0, 0.1) is 17.2 Å². The number of nitriles is 1. The normalized spacial score (nSPS) is 24.4. The molecule has 0 spiro atoms. The van der Waals surface area contributed by atoms with Gasteiger partial charge in [0.2, 0.25) is 0 Å². The first kappa shape index (κ1) is 18.9. The predicted molar refractivity (Wildman–Crippen MR) is 112 cm³/mol. The number of allylic oxidation sites excluding steroid dienone is 2. The second-order valence-electron chi connectivity index (χ2n) is 7.29. The van der Waals surface area contributed by atoms with Crippen molar-refractivity contribution in [3.8, 4) is 6.07 Å². The number of ketones is 1. The Morgan fingerprint density at radius 2 is 1.79 bits per heavy atom. The van der Waals surface area contributed by atoms with E-state index in [0.29, 0.717) is 39.7 Å². The summed E-state index contributed by atoms with van der Waals surface area (Å²) in [4.78, 5) is 18.0. The van der Waals surface area contributed by atoms with Crippen molar-refractivity contribution in [1.82, 2.24) is 0 Å². The van der Waals surface area contributed by atoms with Crippen LogP contribution in [0.25, 0.3) is 0 Å². The zero-order valence-corrected chi connectivity index (χ0v) is 16.8. The third kappa shape index (κ3) is 3.17. The highest BCUT2D eigenvalue weighted by atomic mass is 35.5. The van der Waals surface area contributed by atoms with Gasteiger partial charge in [0.05, 0.1) is 33.3 Å². The fraction of sp³-hybridized carbons (Fsp3) is 0.261. The van der Waals surface area contributed by atoms with Gasteiger partial charge in [0, 0.05) is 18.1 Å². The van der Waals surface area contributed by atoms with E-state index in [4.69, 9.17) is 23.2 Å². The maximum atomic E-state index is 13.3. The van der Waals surface area contributed by atoms with Crippen molar-refractivity contribution in [3.63, 3.8) is 0 Å². The van der Waals surface area contributed by atoms with E-state index < -0.39 is 11.8 Å². The molecule has 0 unspecified atom stereocenters. The number of carbonyl (C=O) groups excluding carboxylic acids is 1. The number of rotatable bonds is 2. The lowest BCUT2D eigenvalue weighted by molar-refractivity contribution is -0.122. The monoisotopic (exact) mass is 408 g/mol. The molecular formula is C23H18Cl2N2O. The summed E-state index contributed by atoms with van der Waals surface area (Å²) in [5.74, 6) is -0.696. The Balaban J connectivity index is 1.81. The Bertz CT molecular complexity index is 1050. The molecule has 28 heavy (non-hydrogen) atoms. The lowest BCUT2D eigenvalue weighted by Crippen LogP contribution is -2.39. The summed E-state index contributed by atoms with van der Waals surface area (Å²) >= 11 is 12.7. The molecule has 3 nitrogen and oxygen atoms in total. The molecule has 2 aromatic carbocycles. The first-order valence-electron chi connectivity index (χ1n) is 9.21. The molecule has 1 aliphatic carbocycles. The Morgan fingerprint density at radius 1 is 1.04 bits per heavy atom. The van der Waals surface area contributed by atoms with Crippen LogP contribution in [0.15, 0.2) is 64.8 Å². The molecule has 1 heterocycles. The third-order valence-corrected chi connectivity index (χ3v) is 6.50.